The van der Waals surface area contributed by atoms with Crippen LogP contribution in [0.5, 0.6) is 0 Å². The van der Waals surface area contributed by atoms with Crippen LogP contribution in [0.25, 0.3) is 10.9 Å². The van der Waals surface area contributed by atoms with E-state index in [1.807, 2.05) is 35.1 Å². The summed E-state index contributed by atoms with van der Waals surface area (Å²) in [5, 5.41) is 9.29. The van der Waals surface area contributed by atoms with Crippen LogP contribution in [0, 0.1) is 0 Å². The topological polar surface area (TPSA) is 38.9 Å². The quantitative estimate of drug-likeness (QED) is 0.729. The van der Waals surface area contributed by atoms with Gasteiger partial charge in [-0.1, -0.05) is 18.2 Å². The number of aryl methyl sites for hydroxylation is 1. The molecule has 0 spiro atoms. The zero-order valence-electron chi connectivity index (χ0n) is 13.7. The first-order chi connectivity index (χ1) is 11.9. The molecule has 1 aromatic carbocycles. The van der Waals surface area contributed by atoms with Gasteiger partial charge >= 0.3 is 6.18 Å². The maximum absolute atomic E-state index is 12.8. The van der Waals surface area contributed by atoms with Crippen molar-refractivity contribution in [2.24, 2.45) is 7.05 Å². The molecule has 132 valence electrons. The van der Waals surface area contributed by atoms with E-state index in [0.29, 0.717) is 12.2 Å². The SMILES string of the molecule is Cn1nc(C(F)(F)F)cc1CN1CCC(n2cc3ccccc3n2)C1. The third-order valence-corrected chi connectivity index (χ3v) is 4.71. The summed E-state index contributed by atoms with van der Waals surface area (Å²) in [7, 11) is 1.55. The summed E-state index contributed by atoms with van der Waals surface area (Å²) in [6.45, 7) is 2.05. The lowest BCUT2D eigenvalue weighted by Gasteiger charge is -2.16. The predicted molar refractivity (Wildman–Crippen MR) is 86.9 cm³/mol. The third kappa shape index (κ3) is 3.13. The molecule has 4 rings (SSSR count). The molecule has 1 fully saturated rings. The molecular formula is C17H18F3N5. The van der Waals surface area contributed by atoms with Gasteiger partial charge in [-0.25, -0.2) is 0 Å². The number of benzene rings is 1. The second-order valence-electron chi connectivity index (χ2n) is 6.49. The van der Waals surface area contributed by atoms with Gasteiger partial charge in [0.2, 0.25) is 0 Å². The molecule has 3 heterocycles. The molecule has 0 saturated carbocycles. The van der Waals surface area contributed by atoms with Crippen LogP contribution in [0.4, 0.5) is 13.2 Å². The summed E-state index contributed by atoms with van der Waals surface area (Å²) >= 11 is 0. The zero-order chi connectivity index (χ0) is 17.6. The Balaban J connectivity index is 1.47. The van der Waals surface area contributed by atoms with Gasteiger partial charge in [0.05, 0.1) is 17.3 Å². The smallest absolute Gasteiger partial charge is 0.295 e. The second kappa shape index (κ2) is 5.87. The molecule has 1 aliphatic rings. The Labute approximate surface area is 142 Å². The van der Waals surface area contributed by atoms with Crippen molar-refractivity contribution in [2.75, 3.05) is 13.1 Å². The van der Waals surface area contributed by atoms with Crippen molar-refractivity contribution < 1.29 is 13.2 Å². The van der Waals surface area contributed by atoms with Crippen LogP contribution in [0.1, 0.15) is 23.9 Å². The zero-order valence-corrected chi connectivity index (χ0v) is 13.7. The van der Waals surface area contributed by atoms with E-state index in [-0.39, 0.29) is 6.04 Å². The lowest BCUT2D eigenvalue weighted by atomic mass is 10.2. The molecule has 1 aliphatic heterocycles. The Morgan fingerprint density at radius 2 is 2.00 bits per heavy atom. The highest BCUT2D eigenvalue weighted by Gasteiger charge is 2.35. The Bertz CT molecular complexity index is 862. The number of likely N-dealkylation sites (tertiary alicyclic amines) is 1. The number of rotatable bonds is 3. The highest BCUT2D eigenvalue weighted by atomic mass is 19.4. The van der Waals surface area contributed by atoms with Crippen LogP contribution in [0.3, 0.4) is 0 Å². The molecule has 2 aromatic heterocycles. The van der Waals surface area contributed by atoms with Crippen LogP contribution in [0.15, 0.2) is 36.5 Å². The summed E-state index contributed by atoms with van der Waals surface area (Å²) in [6, 6.07) is 9.32. The van der Waals surface area contributed by atoms with Crippen molar-refractivity contribution in [3.63, 3.8) is 0 Å². The van der Waals surface area contributed by atoms with Crippen LogP contribution >= 0.6 is 0 Å². The molecule has 3 aromatic rings. The van der Waals surface area contributed by atoms with Crippen molar-refractivity contribution >= 4 is 10.9 Å². The summed E-state index contributed by atoms with van der Waals surface area (Å²) < 4.78 is 41.6. The van der Waals surface area contributed by atoms with Crippen molar-refractivity contribution in [3.05, 3.63) is 47.9 Å². The van der Waals surface area contributed by atoms with E-state index in [9.17, 15) is 13.2 Å². The van der Waals surface area contributed by atoms with Crippen molar-refractivity contribution in [2.45, 2.75) is 25.2 Å². The first-order valence-electron chi connectivity index (χ1n) is 8.16. The van der Waals surface area contributed by atoms with Gasteiger partial charge in [0.15, 0.2) is 5.69 Å². The van der Waals surface area contributed by atoms with Gasteiger partial charge < -0.3 is 0 Å². The fourth-order valence-corrected chi connectivity index (χ4v) is 3.36. The van der Waals surface area contributed by atoms with Crippen LogP contribution < -0.4 is 0 Å². The Morgan fingerprint density at radius 3 is 2.72 bits per heavy atom. The van der Waals surface area contributed by atoms with Gasteiger partial charge in [-0.2, -0.15) is 23.4 Å². The van der Waals surface area contributed by atoms with E-state index in [4.69, 9.17) is 0 Å². The number of halogens is 3. The monoisotopic (exact) mass is 349 g/mol. The van der Waals surface area contributed by atoms with Gasteiger partial charge in [0.1, 0.15) is 0 Å². The molecular weight excluding hydrogens is 331 g/mol. The number of aromatic nitrogens is 4. The fourth-order valence-electron chi connectivity index (χ4n) is 3.36. The Morgan fingerprint density at radius 1 is 1.20 bits per heavy atom. The van der Waals surface area contributed by atoms with E-state index in [2.05, 4.69) is 15.1 Å². The van der Waals surface area contributed by atoms with Gasteiger partial charge in [0.25, 0.3) is 0 Å². The maximum atomic E-state index is 12.8. The van der Waals surface area contributed by atoms with Gasteiger partial charge in [-0.15, -0.1) is 0 Å². The first kappa shape index (κ1) is 16.1. The molecule has 1 saturated heterocycles. The van der Waals surface area contributed by atoms with E-state index >= 15 is 0 Å². The lowest BCUT2D eigenvalue weighted by Crippen LogP contribution is -2.22. The van der Waals surface area contributed by atoms with Gasteiger partial charge in [-0.3, -0.25) is 14.3 Å². The number of fused-ring (bicyclic) bond motifs is 1. The molecule has 0 bridgehead atoms. The van der Waals surface area contributed by atoms with Crippen molar-refractivity contribution in [3.8, 4) is 0 Å². The fraction of sp³-hybridized carbons (Fsp3) is 0.412. The van der Waals surface area contributed by atoms with Gasteiger partial charge in [0, 0.05) is 38.3 Å². The second-order valence-corrected chi connectivity index (χ2v) is 6.49. The molecule has 0 radical (unpaired) electrons. The summed E-state index contributed by atoms with van der Waals surface area (Å²) in [6.07, 6.45) is -1.44. The maximum Gasteiger partial charge on any atom is 0.435 e. The normalized spacial score (nSPS) is 19.1. The average Bonchev–Trinajstić information content (AvgIpc) is 3.25. The molecule has 0 N–H and O–H groups in total. The molecule has 0 aliphatic carbocycles. The van der Waals surface area contributed by atoms with Crippen LogP contribution in [-0.4, -0.2) is 37.6 Å². The number of alkyl halides is 3. The molecule has 1 atom stereocenters. The van der Waals surface area contributed by atoms with E-state index in [1.54, 1.807) is 7.05 Å². The largest absolute Gasteiger partial charge is 0.435 e. The van der Waals surface area contributed by atoms with Crippen LogP contribution in [0.2, 0.25) is 0 Å². The van der Waals surface area contributed by atoms with E-state index < -0.39 is 11.9 Å². The minimum absolute atomic E-state index is 0.239. The molecule has 5 nitrogen and oxygen atoms in total. The molecule has 8 heteroatoms. The first-order valence-corrected chi connectivity index (χ1v) is 8.16. The highest BCUT2D eigenvalue weighted by molar-refractivity contribution is 5.77. The van der Waals surface area contributed by atoms with E-state index in [1.165, 1.54) is 4.68 Å². The van der Waals surface area contributed by atoms with Crippen molar-refractivity contribution in [1.29, 1.82) is 0 Å². The van der Waals surface area contributed by atoms with Gasteiger partial charge in [-0.05, 0) is 18.6 Å². The minimum Gasteiger partial charge on any atom is -0.295 e. The minimum atomic E-state index is -4.40. The van der Waals surface area contributed by atoms with Crippen molar-refractivity contribution in [1.82, 2.24) is 24.5 Å². The Kier molecular flexibility index (Phi) is 3.79. The number of hydrogen-bond donors (Lipinski definition) is 0. The summed E-state index contributed by atoms with van der Waals surface area (Å²) in [5.74, 6) is 0. The highest BCUT2D eigenvalue weighted by Crippen LogP contribution is 2.30. The lowest BCUT2D eigenvalue weighted by molar-refractivity contribution is -0.141. The standard InChI is InChI=1S/C17H18F3N5/c1-23-14(8-16(22-23)17(18,19)20)11-24-7-6-13(10-24)25-9-12-4-2-3-5-15(12)21-25/h2-5,8-9,13H,6-7,10-11H2,1H3. The molecule has 25 heavy (non-hydrogen) atoms. The number of hydrogen-bond acceptors (Lipinski definition) is 3. The molecule has 1 unspecified atom stereocenters. The molecule has 0 amide bonds. The van der Waals surface area contributed by atoms with E-state index in [0.717, 1.165) is 36.5 Å². The summed E-state index contributed by atoms with van der Waals surface area (Å²) in [5.41, 5.74) is 0.695. The third-order valence-electron chi connectivity index (χ3n) is 4.71. The average molecular weight is 349 g/mol. The summed E-state index contributed by atoms with van der Waals surface area (Å²) in [4.78, 5) is 2.15. The predicted octanol–water partition coefficient (Wildman–Crippen LogP) is 3.24. The Hall–Kier alpha value is -2.35. The van der Waals surface area contributed by atoms with Crippen LogP contribution in [-0.2, 0) is 19.8 Å². The number of nitrogens with zero attached hydrogens (tertiary/aromatic N) is 5.